The van der Waals surface area contributed by atoms with E-state index in [9.17, 15) is 9.59 Å². The van der Waals surface area contributed by atoms with E-state index < -0.39 is 12.1 Å². The van der Waals surface area contributed by atoms with Crippen LogP contribution in [0.2, 0.25) is 0 Å². The van der Waals surface area contributed by atoms with Crippen molar-refractivity contribution >= 4 is 23.4 Å². The normalized spacial score (nSPS) is 11.3. The van der Waals surface area contributed by atoms with Crippen LogP contribution in [-0.4, -0.2) is 32.1 Å². The number of carbonyl (C=O) groups excluding carboxylic acids is 2. The zero-order valence-corrected chi connectivity index (χ0v) is 18.7. The third-order valence-corrected chi connectivity index (χ3v) is 5.05. The molecular formula is C26H29N3O3. The number of benzene rings is 3. The Hall–Kier alpha value is -3.80. The maximum absolute atomic E-state index is 13.1. The summed E-state index contributed by atoms with van der Waals surface area (Å²) in [4.78, 5) is 27.5. The Morgan fingerprint density at radius 1 is 0.906 bits per heavy atom. The number of alkyl carbamates (subject to hydrolysis) is 1. The van der Waals surface area contributed by atoms with Crippen molar-refractivity contribution in [2.75, 3.05) is 24.3 Å². The van der Waals surface area contributed by atoms with Crippen molar-refractivity contribution in [3.05, 3.63) is 95.6 Å². The van der Waals surface area contributed by atoms with Crippen molar-refractivity contribution in [1.29, 1.82) is 0 Å². The van der Waals surface area contributed by atoms with Crippen molar-refractivity contribution in [3.63, 3.8) is 0 Å². The summed E-state index contributed by atoms with van der Waals surface area (Å²) in [5, 5.41) is 5.64. The van der Waals surface area contributed by atoms with Crippen LogP contribution >= 0.6 is 0 Å². The maximum Gasteiger partial charge on any atom is 0.408 e. The molecule has 2 amide bonds. The fourth-order valence-electron chi connectivity index (χ4n) is 3.43. The van der Waals surface area contributed by atoms with E-state index in [0.717, 1.165) is 22.4 Å². The Balaban J connectivity index is 1.69. The summed E-state index contributed by atoms with van der Waals surface area (Å²) in [5.74, 6) is -0.303. The molecule has 0 spiro atoms. The summed E-state index contributed by atoms with van der Waals surface area (Å²) in [7, 11) is 3.95. The number of hydrogen-bond acceptors (Lipinski definition) is 4. The van der Waals surface area contributed by atoms with E-state index in [1.165, 1.54) is 0 Å². The minimum Gasteiger partial charge on any atom is -0.445 e. The van der Waals surface area contributed by atoms with Gasteiger partial charge in [0.05, 0.1) is 0 Å². The molecule has 32 heavy (non-hydrogen) atoms. The number of ether oxygens (including phenoxy) is 1. The van der Waals surface area contributed by atoms with Crippen molar-refractivity contribution in [2.45, 2.75) is 26.0 Å². The standard InChI is InChI=1S/C26H29N3O3/c1-19-16-22(14-15-24(19)29(2)3)27-25(30)23(17-20-10-6-4-7-11-20)28-26(31)32-18-21-12-8-5-9-13-21/h4-16,23H,17-18H2,1-3H3,(H,27,30)(H,28,31)/t23-/m0/s1. The first-order valence-electron chi connectivity index (χ1n) is 10.5. The molecule has 0 heterocycles. The second-order valence-electron chi connectivity index (χ2n) is 7.83. The molecule has 3 aromatic carbocycles. The largest absolute Gasteiger partial charge is 0.445 e. The van der Waals surface area contributed by atoms with Gasteiger partial charge in [0.2, 0.25) is 5.91 Å². The first-order chi connectivity index (χ1) is 15.4. The van der Waals surface area contributed by atoms with Gasteiger partial charge in [0.1, 0.15) is 12.6 Å². The molecule has 1 atom stereocenters. The molecule has 0 radical (unpaired) electrons. The molecule has 2 N–H and O–H groups in total. The number of carbonyl (C=O) groups is 2. The van der Waals surface area contributed by atoms with Crippen LogP contribution in [0.15, 0.2) is 78.9 Å². The molecule has 3 rings (SSSR count). The molecular weight excluding hydrogens is 402 g/mol. The Kier molecular flexibility index (Phi) is 7.86. The van der Waals surface area contributed by atoms with Gasteiger partial charge < -0.3 is 20.3 Å². The van der Waals surface area contributed by atoms with Gasteiger partial charge in [-0.1, -0.05) is 60.7 Å². The van der Waals surface area contributed by atoms with Crippen molar-refractivity contribution < 1.29 is 14.3 Å². The highest BCUT2D eigenvalue weighted by Crippen LogP contribution is 2.22. The molecule has 6 heteroatoms. The average Bonchev–Trinajstić information content (AvgIpc) is 2.78. The molecule has 0 aliphatic heterocycles. The molecule has 0 aromatic heterocycles. The molecule has 0 aliphatic rings. The van der Waals surface area contributed by atoms with Gasteiger partial charge in [-0.05, 0) is 41.8 Å². The summed E-state index contributed by atoms with van der Waals surface area (Å²) >= 11 is 0. The van der Waals surface area contributed by atoms with Crippen LogP contribution in [0.25, 0.3) is 0 Å². The zero-order chi connectivity index (χ0) is 22.9. The van der Waals surface area contributed by atoms with Gasteiger partial charge in [-0.3, -0.25) is 4.79 Å². The van der Waals surface area contributed by atoms with E-state index in [2.05, 4.69) is 10.6 Å². The summed E-state index contributed by atoms with van der Waals surface area (Å²) in [6, 6.07) is 23.9. The first kappa shape index (κ1) is 22.9. The van der Waals surface area contributed by atoms with Crippen molar-refractivity contribution in [3.8, 4) is 0 Å². The molecule has 6 nitrogen and oxygen atoms in total. The fraction of sp³-hybridized carbons (Fsp3) is 0.231. The van der Waals surface area contributed by atoms with Gasteiger partial charge in [-0.2, -0.15) is 0 Å². The lowest BCUT2D eigenvalue weighted by molar-refractivity contribution is -0.118. The molecule has 0 unspecified atom stereocenters. The molecule has 3 aromatic rings. The summed E-state index contributed by atoms with van der Waals surface area (Å²) in [6.45, 7) is 2.13. The highest BCUT2D eigenvalue weighted by molar-refractivity contribution is 5.97. The Morgan fingerprint density at radius 2 is 1.53 bits per heavy atom. The lowest BCUT2D eigenvalue weighted by Gasteiger charge is -2.20. The lowest BCUT2D eigenvalue weighted by Crippen LogP contribution is -2.45. The zero-order valence-electron chi connectivity index (χ0n) is 18.7. The second-order valence-corrected chi connectivity index (χ2v) is 7.83. The van der Waals surface area contributed by atoms with Gasteiger partial charge in [-0.15, -0.1) is 0 Å². The summed E-state index contributed by atoms with van der Waals surface area (Å²) in [5.41, 5.74) is 4.61. The SMILES string of the molecule is Cc1cc(NC(=O)[C@H](Cc2ccccc2)NC(=O)OCc2ccccc2)ccc1N(C)C. The van der Waals surface area contributed by atoms with Gasteiger partial charge in [-0.25, -0.2) is 4.79 Å². The molecule has 0 aliphatic carbocycles. The number of rotatable bonds is 8. The number of nitrogens with zero attached hydrogens (tertiary/aromatic N) is 1. The smallest absolute Gasteiger partial charge is 0.408 e. The summed E-state index contributed by atoms with van der Waals surface area (Å²) in [6.07, 6.45) is -0.286. The molecule has 0 fully saturated rings. The van der Waals surface area contributed by atoms with Crippen LogP contribution in [0.3, 0.4) is 0 Å². The van der Waals surface area contributed by atoms with Gasteiger partial charge in [0.25, 0.3) is 0 Å². The number of anilines is 2. The van der Waals surface area contributed by atoms with Gasteiger partial charge >= 0.3 is 6.09 Å². The number of amides is 2. The highest BCUT2D eigenvalue weighted by Gasteiger charge is 2.22. The number of nitrogens with one attached hydrogen (secondary N) is 2. The third kappa shape index (κ3) is 6.60. The van der Waals surface area contributed by atoms with Crippen LogP contribution < -0.4 is 15.5 Å². The number of aryl methyl sites for hydroxylation is 1. The Morgan fingerprint density at radius 3 is 2.12 bits per heavy atom. The van der Waals surface area contributed by atoms with Gasteiger partial charge in [0.15, 0.2) is 0 Å². The monoisotopic (exact) mass is 431 g/mol. The minimum atomic E-state index is -0.783. The summed E-state index contributed by atoms with van der Waals surface area (Å²) < 4.78 is 5.32. The van der Waals surface area contributed by atoms with E-state index in [-0.39, 0.29) is 12.5 Å². The predicted octanol–water partition coefficient (Wildman–Crippen LogP) is 4.54. The van der Waals surface area contributed by atoms with Crippen LogP contribution in [0, 0.1) is 6.92 Å². The molecule has 0 bridgehead atoms. The van der Waals surface area contributed by atoms with Crippen LogP contribution in [0.5, 0.6) is 0 Å². The second kappa shape index (κ2) is 11.0. The first-order valence-corrected chi connectivity index (χ1v) is 10.5. The third-order valence-electron chi connectivity index (χ3n) is 5.05. The van der Waals surface area contributed by atoms with E-state index in [4.69, 9.17) is 4.74 Å². The molecule has 166 valence electrons. The van der Waals surface area contributed by atoms with Crippen molar-refractivity contribution in [1.82, 2.24) is 5.32 Å². The predicted molar refractivity (Wildman–Crippen MR) is 128 cm³/mol. The maximum atomic E-state index is 13.1. The Labute approximate surface area is 189 Å². The van der Waals surface area contributed by atoms with E-state index in [1.807, 2.05) is 105 Å². The Bertz CT molecular complexity index is 1040. The van der Waals surface area contributed by atoms with E-state index in [0.29, 0.717) is 12.1 Å². The van der Waals surface area contributed by atoms with E-state index in [1.54, 1.807) is 0 Å². The topological polar surface area (TPSA) is 70.7 Å². The van der Waals surface area contributed by atoms with Crippen molar-refractivity contribution in [2.24, 2.45) is 0 Å². The minimum absolute atomic E-state index is 0.136. The molecule has 0 saturated carbocycles. The van der Waals surface area contributed by atoms with E-state index >= 15 is 0 Å². The molecule has 0 saturated heterocycles. The van der Waals surface area contributed by atoms with Crippen LogP contribution in [0.1, 0.15) is 16.7 Å². The number of hydrogen-bond donors (Lipinski definition) is 2. The van der Waals surface area contributed by atoms with Crippen LogP contribution in [-0.2, 0) is 22.6 Å². The average molecular weight is 432 g/mol. The highest BCUT2D eigenvalue weighted by atomic mass is 16.5. The van der Waals surface area contributed by atoms with Crippen LogP contribution in [0.4, 0.5) is 16.2 Å². The lowest BCUT2D eigenvalue weighted by atomic mass is 10.1. The fourth-order valence-corrected chi connectivity index (χ4v) is 3.43. The van der Waals surface area contributed by atoms with Gasteiger partial charge in [0, 0.05) is 31.9 Å². The quantitative estimate of drug-likeness (QED) is 0.549.